The monoisotopic (exact) mass is 252 g/mol. The van der Waals surface area contributed by atoms with Crippen molar-refractivity contribution in [2.75, 3.05) is 19.0 Å². The summed E-state index contributed by atoms with van der Waals surface area (Å²) in [5.41, 5.74) is 11.3. The second-order valence-corrected chi connectivity index (χ2v) is 5.46. The standard InChI is InChI=1S/C12H16N2O2S/c13-11(15)12(14,8-17-10-6-16-7-10)9-4-2-1-3-5-9/h1-5,10H,6-8,14H2,(H2,13,15). The fourth-order valence-electron chi connectivity index (χ4n) is 1.59. The highest BCUT2D eigenvalue weighted by molar-refractivity contribution is 8.00. The number of rotatable bonds is 5. The van der Waals surface area contributed by atoms with Crippen molar-refractivity contribution in [3.8, 4) is 0 Å². The first-order chi connectivity index (χ1) is 8.13. The molecule has 0 bridgehead atoms. The first-order valence-corrected chi connectivity index (χ1v) is 6.51. The normalized spacial score (nSPS) is 19.4. The number of nitrogens with two attached hydrogens (primary N) is 2. The second kappa shape index (κ2) is 5.08. The van der Waals surface area contributed by atoms with Crippen LogP contribution in [0.5, 0.6) is 0 Å². The summed E-state index contributed by atoms with van der Waals surface area (Å²) < 4.78 is 5.09. The topological polar surface area (TPSA) is 78.3 Å². The van der Waals surface area contributed by atoms with Gasteiger partial charge >= 0.3 is 0 Å². The largest absolute Gasteiger partial charge is 0.379 e. The quantitative estimate of drug-likeness (QED) is 0.798. The fraction of sp³-hybridized carbons (Fsp3) is 0.417. The highest BCUT2D eigenvalue weighted by Crippen LogP contribution is 2.28. The number of benzene rings is 1. The molecule has 0 radical (unpaired) electrons. The molecule has 4 N–H and O–H groups in total. The lowest BCUT2D eigenvalue weighted by molar-refractivity contribution is -0.122. The predicted octanol–water partition coefficient (Wildman–Crippen LogP) is 0.458. The Bertz CT molecular complexity index is 395. The molecule has 0 aliphatic carbocycles. The lowest BCUT2D eigenvalue weighted by atomic mass is 9.92. The Balaban J connectivity index is 2.11. The van der Waals surface area contributed by atoms with E-state index in [0.29, 0.717) is 11.0 Å². The Kier molecular flexibility index (Phi) is 3.71. The Morgan fingerprint density at radius 3 is 2.53 bits per heavy atom. The molecule has 0 aromatic heterocycles. The molecule has 1 aliphatic rings. The van der Waals surface area contributed by atoms with E-state index in [9.17, 15) is 4.79 Å². The number of primary amides is 1. The van der Waals surface area contributed by atoms with E-state index >= 15 is 0 Å². The average Bonchev–Trinajstić information content (AvgIpc) is 2.27. The number of carbonyl (C=O) groups is 1. The van der Waals surface area contributed by atoms with E-state index in [0.717, 1.165) is 18.8 Å². The molecule has 17 heavy (non-hydrogen) atoms. The molecule has 1 heterocycles. The Morgan fingerprint density at radius 1 is 1.41 bits per heavy atom. The van der Waals surface area contributed by atoms with Crippen LogP contribution in [0, 0.1) is 0 Å². The van der Waals surface area contributed by atoms with E-state index in [4.69, 9.17) is 16.2 Å². The number of amides is 1. The molecule has 2 rings (SSSR count). The van der Waals surface area contributed by atoms with Gasteiger partial charge in [0.25, 0.3) is 0 Å². The van der Waals surface area contributed by atoms with Crippen LogP contribution >= 0.6 is 11.8 Å². The van der Waals surface area contributed by atoms with Gasteiger partial charge in [0.2, 0.25) is 5.91 Å². The second-order valence-electron chi connectivity index (χ2n) is 4.17. The minimum absolute atomic E-state index is 0.431. The van der Waals surface area contributed by atoms with Crippen LogP contribution in [-0.4, -0.2) is 30.1 Å². The summed E-state index contributed by atoms with van der Waals surface area (Å²) >= 11 is 1.64. The van der Waals surface area contributed by atoms with Crippen molar-refractivity contribution < 1.29 is 9.53 Å². The molecule has 92 valence electrons. The van der Waals surface area contributed by atoms with Gasteiger partial charge in [-0.15, -0.1) is 0 Å². The van der Waals surface area contributed by atoms with Gasteiger partial charge in [-0.25, -0.2) is 0 Å². The van der Waals surface area contributed by atoms with Crippen LogP contribution in [0.15, 0.2) is 30.3 Å². The zero-order valence-corrected chi connectivity index (χ0v) is 10.3. The van der Waals surface area contributed by atoms with Crippen molar-refractivity contribution in [1.82, 2.24) is 0 Å². The molecule has 4 nitrogen and oxygen atoms in total. The van der Waals surface area contributed by atoms with Crippen molar-refractivity contribution in [3.63, 3.8) is 0 Å². The Labute approximate surface area is 105 Å². The van der Waals surface area contributed by atoms with Gasteiger partial charge in [-0.1, -0.05) is 30.3 Å². The molecular formula is C12H16N2O2S. The van der Waals surface area contributed by atoms with Crippen molar-refractivity contribution in [2.45, 2.75) is 10.8 Å². The van der Waals surface area contributed by atoms with Crippen LogP contribution in [-0.2, 0) is 15.1 Å². The van der Waals surface area contributed by atoms with Gasteiger partial charge in [-0.3, -0.25) is 4.79 Å². The number of thioether (sulfide) groups is 1. The minimum Gasteiger partial charge on any atom is -0.379 e. The molecule has 1 unspecified atom stereocenters. The smallest absolute Gasteiger partial charge is 0.242 e. The Morgan fingerprint density at radius 2 is 2.06 bits per heavy atom. The fourth-order valence-corrected chi connectivity index (χ4v) is 2.78. The molecule has 1 aromatic rings. The molecule has 1 aliphatic heterocycles. The van der Waals surface area contributed by atoms with Crippen LogP contribution < -0.4 is 11.5 Å². The predicted molar refractivity (Wildman–Crippen MR) is 68.6 cm³/mol. The molecule has 1 saturated heterocycles. The summed E-state index contributed by atoms with van der Waals surface area (Å²) in [6.45, 7) is 1.46. The lowest BCUT2D eigenvalue weighted by Gasteiger charge is -2.31. The highest BCUT2D eigenvalue weighted by atomic mass is 32.2. The molecule has 1 fully saturated rings. The molecule has 1 aromatic carbocycles. The molecule has 1 amide bonds. The van der Waals surface area contributed by atoms with Crippen molar-refractivity contribution in [1.29, 1.82) is 0 Å². The number of hydrogen-bond acceptors (Lipinski definition) is 4. The molecule has 1 atom stereocenters. The van der Waals surface area contributed by atoms with Crippen molar-refractivity contribution in [3.05, 3.63) is 35.9 Å². The van der Waals surface area contributed by atoms with Gasteiger partial charge < -0.3 is 16.2 Å². The van der Waals surface area contributed by atoms with E-state index in [1.165, 1.54) is 0 Å². The van der Waals surface area contributed by atoms with Gasteiger partial charge in [0.1, 0.15) is 5.54 Å². The summed E-state index contributed by atoms with van der Waals surface area (Å²) in [5.74, 6) is -0.00292. The van der Waals surface area contributed by atoms with Crippen LogP contribution in [0.1, 0.15) is 5.56 Å². The average molecular weight is 252 g/mol. The first kappa shape index (κ1) is 12.4. The number of hydrogen-bond donors (Lipinski definition) is 2. The van der Waals surface area contributed by atoms with Crippen LogP contribution in [0.25, 0.3) is 0 Å². The van der Waals surface area contributed by atoms with Gasteiger partial charge in [0.15, 0.2) is 0 Å². The number of ether oxygens (including phenoxy) is 1. The molecule has 0 saturated carbocycles. The summed E-state index contributed by atoms with van der Waals surface area (Å²) in [5, 5.41) is 0.431. The van der Waals surface area contributed by atoms with E-state index < -0.39 is 11.4 Å². The lowest BCUT2D eigenvalue weighted by Crippen LogP contribution is -2.52. The van der Waals surface area contributed by atoms with Crippen LogP contribution in [0.4, 0.5) is 0 Å². The number of carbonyl (C=O) groups excluding carboxylic acids is 1. The third kappa shape index (κ3) is 2.62. The maximum absolute atomic E-state index is 11.6. The van der Waals surface area contributed by atoms with Crippen molar-refractivity contribution in [2.24, 2.45) is 11.5 Å². The first-order valence-electron chi connectivity index (χ1n) is 5.46. The molecular weight excluding hydrogens is 236 g/mol. The SMILES string of the molecule is NC(=O)C(N)(CSC1COC1)c1ccccc1. The maximum atomic E-state index is 11.6. The van der Waals surface area contributed by atoms with Gasteiger partial charge in [-0.05, 0) is 5.56 Å². The molecule has 5 heteroatoms. The van der Waals surface area contributed by atoms with Crippen LogP contribution in [0.2, 0.25) is 0 Å². The Hall–Kier alpha value is -1.04. The van der Waals surface area contributed by atoms with Gasteiger partial charge in [-0.2, -0.15) is 11.8 Å². The third-order valence-corrected chi connectivity index (χ3v) is 4.25. The zero-order chi connectivity index (χ0) is 12.3. The third-order valence-electron chi connectivity index (χ3n) is 2.88. The minimum atomic E-state index is -1.10. The molecule has 0 spiro atoms. The summed E-state index contributed by atoms with van der Waals surface area (Å²) in [6, 6.07) is 9.27. The van der Waals surface area contributed by atoms with Crippen molar-refractivity contribution >= 4 is 17.7 Å². The van der Waals surface area contributed by atoms with Gasteiger partial charge in [0, 0.05) is 5.75 Å². The summed E-state index contributed by atoms with van der Waals surface area (Å²) in [7, 11) is 0. The summed E-state index contributed by atoms with van der Waals surface area (Å²) in [6.07, 6.45) is 0. The maximum Gasteiger partial charge on any atom is 0.242 e. The van der Waals surface area contributed by atoms with E-state index in [2.05, 4.69) is 0 Å². The summed E-state index contributed by atoms with van der Waals surface area (Å²) in [4.78, 5) is 11.6. The zero-order valence-electron chi connectivity index (χ0n) is 9.46. The van der Waals surface area contributed by atoms with E-state index in [1.54, 1.807) is 11.8 Å². The highest BCUT2D eigenvalue weighted by Gasteiger charge is 2.35. The van der Waals surface area contributed by atoms with Crippen LogP contribution in [0.3, 0.4) is 0 Å². The van der Waals surface area contributed by atoms with E-state index in [-0.39, 0.29) is 0 Å². The van der Waals surface area contributed by atoms with E-state index in [1.807, 2.05) is 30.3 Å². The van der Waals surface area contributed by atoms with Gasteiger partial charge in [0.05, 0.1) is 18.5 Å².